The number of nitrogens with zero attached hydrogens (tertiary/aromatic N) is 2. The minimum Gasteiger partial charge on any atom is -0.196 e. The van der Waals surface area contributed by atoms with Crippen molar-refractivity contribution in [2.24, 2.45) is 0 Å². The largest absolute Gasteiger partial charge is 0.294 e. The molecule has 0 N–H and O–H groups in total. The summed E-state index contributed by atoms with van der Waals surface area (Å²) in [6.07, 6.45) is 0.465. The van der Waals surface area contributed by atoms with Crippen molar-refractivity contribution in [1.82, 2.24) is 10.2 Å². The van der Waals surface area contributed by atoms with Gasteiger partial charge in [0.25, 0.3) is 5.92 Å². The van der Waals surface area contributed by atoms with Gasteiger partial charge in [0.05, 0.1) is 5.56 Å². The van der Waals surface area contributed by atoms with Crippen LogP contribution in [0.3, 0.4) is 0 Å². The Kier molecular flexibility index (Phi) is 2.83. The zero-order valence-electron chi connectivity index (χ0n) is 6.27. The van der Waals surface area contributed by atoms with Gasteiger partial charge in [-0.15, -0.1) is 10.2 Å². The number of hydrogen-bond donors (Lipinski definition) is 0. The standard InChI is InChI=1S/C7H4Cl2F2N2/c1-2-7(10,11)4-3-5(8)12-13-6(4)9/h2-3H,1H2. The van der Waals surface area contributed by atoms with Gasteiger partial charge in [0.1, 0.15) is 0 Å². The van der Waals surface area contributed by atoms with E-state index in [0.717, 1.165) is 6.07 Å². The second kappa shape index (κ2) is 3.55. The smallest absolute Gasteiger partial charge is 0.196 e. The third-order valence-electron chi connectivity index (χ3n) is 1.33. The van der Waals surface area contributed by atoms with Crippen LogP contribution in [-0.2, 0) is 5.92 Å². The quantitative estimate of drug-likeness (QED) is 0.722. The van der Waals surface area contributed by atoms with Gasteiger partial charge in [-0.1, -0.05) is 29.8 Å². The van der Waals surface area contributed by atoms with E-state index >= 15 is 0 Å². The Bertz CT molecular complexity index is 341. The number of rotatable bonds is 2. The fraction of sp³-hybridized carbons (Fsp3) is 0.143. The maximum absolute atomic E-state index is 13.0. The van der Waals surface area contributed by atoms with Gasteiger partial charge in [-0.05, 0) is 12.1 Å². The summed E-state index contributed by atoms with van der Waals surface area (Å²) in [6.45, 7) is 2.98. The number of alkyl halides is 2. The van der Waals surface area contributed by atoms with E-state index in [1.165, 1.54) is 0 Å². The molecule has 13 heavy (non-hydrogen) atoms. The van der Waals surface area contributed by atoms with E-state index in [9.17, 15) is 8.78 Å². The molecule has 1 rings (SSSR count). The summed E-state index contributed by atoms with van der Waals surface area (Å²) in [5.41, 5.74) is -0.496. The van der Waals surface area contributed by atoms with Crippen LogP contribution in [0.15, 0.2) is 18.7 Å². The highest BCUT2D eigenvalue weighted by atomic mass is 35.5. The molecule has 0 radical (unpaired) electrons. The fourth-order valence-corrected chi connectivity index (χ4v) is 1.06. The van der Waals surface area contributed by atoms with Gasteiger partial charge in [-0.3, -0.25) is 0 Å². The van der Waals surface area contributed by atoms with Gasteiger partial charge in [0.15, 0.2) is 10.3 Å². The molecule has 0 unspecified atom stereocenters. The Morgan fingerprint density at radius 2 is 2.00 bits per heavy atom. The van der Waals surface area contributed by atoms with Crippen molar-refractivity contribution in [1.29, 1.82) is 0 Å². The highest BCUT2D eigenvalue weighted by Gasteiger charge is 2.31. The molecule has 0 saturated carbocycles. The van der Waals surface area contributed by atoms with Crippen LogP contribution in [-0.4, -0.2) is 10.2 Å². The molecule has 0 atom stereocenters. The van der Waals surface area contributed by atoms with E-state index < -0.39 is 11.5 Å². The molecule has 0 spiro atoms. The van der Waals surface area contributed by atoms with E-state index in [4.69, 9.17) is 23.2 Å². The highest BCUT2D eigenvalue weighted by Crippen LogP contribution is 2.33. The summed E-state index contributed by atoms with van der Waals surface area (Å²) in [7, 11) is 0. The summed E-state index contributed by atoms with van der Waals surface area (Å²) in [5, 5.41) is 6.03. The van der Waals surface area contributed by atoms with Crippen molar-refractivity contribution >= 4 is 23.2 Å². The molecule has 6 heteroatoms. The Labute approximate surface area is 83.2 Å². The molecule has 0 aliphatic heterocycles. The lowest BCUT2D eigenvalue weighted by Crippen LogP contribution is -2.11. The van der Waals surface area contributed by atoms with Crippen LogP contribution in [0.25, 0.3) is 0 Å². The van der Waals surface area contributed by atoms with Crippen molar-refractivity contribution in [3.05, 3.63) is 34.6 Å². The van der Waals surface area contributed by atoms with E-state index in [0.29, 0.717) is 6.08 Å². The van der Waals surface area contributed by atoms with Crippen molar-refractivity contribution in [2.75, 3.05) is 0 Å². The monoisotopic (exact) mass is 224 g/mol. The lowest BCUT2D eigenvalue weighted by atomic mass is 10.1. The summed E-state index contributed by atoms with van der Waals surface area (Å²) in [6, 6.07) is 0.957. The maximum atomic E-state index is 13.0. The van der Waals surface area contributed by atoms with E-state index in [1.807, 2.05) is 0 Å². The number of halogens is 4. The second-order valence-corrected chi connectivity index (χ2v) is 2.94. The number of allylic oxidation sites excluding steroid dienone is 1. The Hall–Kier alpha value is -0.740. The third kappa shape index (κ3) is 2.14. The lowest BCUT2D eigenvalue weighted by Gasteiger charge is -2.11. The average molecular weight is 225 g/mol. The van der Waals surface area contributed by atoms with Crippen LogP contribution >= 0.6 is 23.2 Å². The van der Waals surface area contributed by atoms with Gasteiger partial charge < -0.3 is 0 Å². The SMILES string of the molecule is C=CC(F)(F)c1cc(Cl)nnc1Cl. The molecule has 0 saturated heterocycles. The van der Waals surface area contributed by atoms with Gasteiger partial charge in [0.2, 0.25) is 0 Å². The molecule has 2 nitrogen and oxygen atoms in total. The molecular formula is C7H4Cl2F2N2. The molecule has 70 valence electrons. The summed E-state index contributed by atoms with van der Waals surface area (Å²) in [4.78, 5) is 0. The summed E-state index contributed by atoms with van der Waals surface area (Å²) < 4.78 is 26.0. The van der Waals surface area contributed by atoms with Crippen LogP contribution in [0, 0.1) is 0 Å². The molecule has 0 aliphatic carbocycles. The van der Waals surface area contributed by atoms with Crippen LogP contribution in [0.1, 0.15) is 5.56 Å². The first-order valence-corrected chi connectivity index (χ1v) is 3.93. The summed E-state index contributed by atoms with van der Waals surface area (Å²) in [5.74, 6) is -3.24. The predicted molar refractivity (Wildman–Crippen MR) is 46.1 cm³/mol. The topological polar surface area (TPSA) is 25.8 Å². The molecule has 0 aliphatic rings. The molecule has 1 aromatic heterocycles. The first-order valence-electron chi connectivity index (χ1n) is 3.18. The van der Waals surface area contributed by atoms with Crippen LogP contribution in [0.2, 0.25) is 10.3 Å². The van der Waals surface area contributed by atoms with E-state index in [-0.39, 0.29) is 10.3 Å². The van der Waals surface area contributed by atoms with Crippen molar-refractivity contribution in [3.63, 3.8) is 0 Å². The van der Waals surface area contributed by atoms with Crippen LogP contribution < -0.4 is 0 Å². The van der Waals surface area contributed by atoms with Gasteiger partial charge in [-0.25, -0.2) is 0 Å². The normalized spacial score (nSPS) is 11.4. The lowest BCUT2D eigenvalue weighted by molar-refractivity contribution is 0.0521. The molecule has 1 heterocycles. The first-order chi connectivity index (χ1) is 5.97. The van der Waals surface area contributed by atoms with Gasteiger partial charge in [0, 0.05) is 0 Å². The maximum Gasteiger partial charge on any atom is 0.294 e. The molecule has 1 aromatic rings. The highest BCUT2D eigenvalue weighted by molar-refractivity contribution is 6.31. The van der Waals surface area contributed by atoms with Gasteiger partial charge in [-0.2, -0.15) is 8.78 Å². The zero-order chi connectivity index (χ0) is 10.1. The molecular weight excluding hydrogens is 221 g/mol. The Morgan fingerprint density at radius 1 is 1.38 bits per heavy atom. The first kappa shape index (κ1) is 10.3. The van der Waals surface area contributed by atoms with Crippen LogP contribution in [0.5, 0.6) is 0 Å². The number of hydrogen-bond acceptors (Lipinski definition) is 2. The molecule has 0 fully saturated rings. The Morgan fingerprint density at radius 3 is 2.54 bits per heavy atom. The van der Waals surface area contributed by atoms with Crippen molar-refractivity contribution in [3.8, 4) is 0 Å². The zero-order valence-corrected chi connectivity index (χ0v) is 7.78. The van der Waals surface area contributed by atoms with Crippen molar-refractivity contribution < 1.29 is 8.78 Å². The molecule has 0 amide bonds. The summed E-state index contributed by atoms with van der Waals surface area (Å²) >= 11 is 10.8. The van der Waals surface area contributed by atoms with Gasteiger partial charge >= 0.3 is 0 Å². The minimum absolute atomic E-state index is 0.138. The second-order valence-electron chi connectivity index (χ2n) is 2.20. The minimum atomic E-state index is -3.24. The third-order valence-corrected chi connectivity index (χ3v) is 1.80. The number of aromatic nitrogens is 2. The Balaban J connectivity index is 3.28. The predicted octanol–water partition coefficient (Wildman–Crippen LogP) is 3.06. The average Bonchev–Trinajstić information content (AvgIpc) is 2.09. The molecule has 0 bridgehead atoms. The fourth-order valence-electron chi connectivity index (χ4n) is 0.697. The van der Waals surface area contributed by atoms with E-state index in [2.05, 4.69) is 16.8 Å². The van der Waals surface area contributed by atoms with E-state index in [1.54, 1.807) is 0 Å². The molecule has 0 aromatic carbocycles. The van der Waals surface area contributed by atoms with Crippen molar-refractivity contribution in [2.45, 2.75) is 5.92 Å². The van der Waals surface area contributed by atoms with Crippen LogP contribution in [0.4, 0.5) is 8.78 Å².